The second kappa shape index (κ2) is 21.9. The molecule has 0 N–H and O–H groups in total. The van der Waals surface area contributed by atoms with Crippen molar-refractivity contribution in [3.05, 3.63) is 12.2 Å². The largest absolute Gasteiger partial charge is 0.462 e. The van der Waals surface area contributed by atoms with Gasteiger partial charge in [-0.25, -0.2) is 4.79 Å². The molecule has 0 rings (SSSR count). The second-order valence-corrected chi connectivity index (χ2v) is 9.06. The van der Waals surface area contributed by atoms with Crippen LogP contribution < -0.4 is 0 Å². The number of thioether (sulfide) groups is 1. The van der Waals surface area contributed by atoms with Crippen LogP contribution >= 0.6 is 11.8 Å². The molecule has 0 aromatic heterocycles. The van der Waals surface area contributed by atoms with Gasteiger partial charge in [-0.3, -0.25) is 0 Å². The Bertz CT molecular complexity index is 341. The van der Waals surface area contributed by atoms with Crippen LogP contribution in [-0.4, -0.2) is 24.1 Å². The normalized spacial score (nSPS) is 10.9. The number of esters is 1. The van der Waals surface area contributed by atoms with Crippen molar-refractivity contribution in [3.8, 4) is 0 Å². The van der Waals surface area contributed by atoms with Crippen molar-refractivity contribution in [2.45, 2.75) is 117 Å². The Morgan fingerprint density at radius 2 is 1.11 bits per heavy atom. The maximum Gasteiger partial charge on any atom is 0.333 e. The van der Waals surface area contributed by atoms with Gasteiger partial charge in [0.1, 0.15) is 0 Å². The Hall–Kier alpha value is -0.440. The Kier molecular flexibility index (Phi) is 21.5. The third-order valence-corrected chi connectivity index (χ3v) is 6.06. The molecule has 0 aromatic carbocycles. The lowest BCUT2D eigenvalue weighted by atomic mass is 10.1. The highest BCUT2D eigenvalue weighted by Gasteiger charge is 2.01. The fourth-order valence-electron chi connectivity index (χ4n) is 3.09. The number of carbonyl (C=O) groups excluding carboxylic acids is 1. The van der Waals surface area contributed by atoms with Gasteiger partial charge in [-0.2, -0.15) is 11.8 Å². The average Bonchev–Trinajstić information content (AvgIpc) is 2.66. The standard InChI is InChI=1S/C24H46O2S/c1-4-5-6-7-8-9-10-12-15-18-21-27-22-19-16-13-11-14-17-20-26-24(25)23(2)3/h2,4-22H2,1,3H3. The van der Waals surface area contributed by atoms with Gasteiger partial charge in [0.2, 0.25) is 0 Å². The molecule has 2 nitrogen and oxygen atoms in total. The van der Waals surface area contributed by atoms with E-state index in [-0.39, 0.29) is 5.97 Å². The van der Waals surface area contributed by atoms with Gasteiger partial charge < -0.3 is 4.74 Å². The van der Waals surface area contributed by atoms with Crippen LogP contribution in [0.1, 0.15) is 117 Å². The van der Waals surface area contributed by atoms with Gasteiger partial charge in [0.15, 0.2) is 0 Å². The Labute approximate surface area is 174 Å². The van der Waals surface area contributed by atoms with Crippen molar-refractivity contribution in [1.29, 1.82) is 0 Å². The third kappa shape index (κ3) is 21.7. The van der Waals surface area contributed by atoms with E-state index in [0.29, 0.717) is 12.2 Å². The van der Waals surface area contributed by atoms with Crippen LogP contribution in [0.25, 0.3) is 0 Å². The summed E-state index contributed by atoms with van der Waals surface area (Å²) in [6.07, 6.45) is 21.7. The van der Waals surface area contributed by atoms with Gasteiger partial charge in [-0.1, -0.05) is 97.0 Å². The molecule has 0 aliphatic heterocycles. The van der Waals surface area contributed by atoms with E-state index >= 15 is 0 Å². The molecule has 0 aliphatic rings. The molecule has 0 fully saturated rings. The van der Waals surface area contributed by atoms with E-state index in [4.69, 9.17) is 4.74 Å². The van der Waals surface area contributed by atoms with Crippen molar-refractivity contribution in [3.63, 3.8) is 0 Å². The molecule has 0 unspecified atom stereocenters. The number of unbranched alkanes of at least 4 members (excludes halogenated alkanes) is 14. The summed E-state index contributed by atoms with van der Waals surface area (Å²) in [6, 6.07) is 0. The molecule has 3 heteroatoms. The predicted octanol–water partition coefficient (Wildman–Crippen LogP) is 8.10. The first kappa shape index (κ1) is 26.6. The number of rotatable bonds is 21. The van der Waals surface area contributed by atoms with E-state index in [9.17, 15) is 4.79 Å². The lowest BCUT2D eigenvalue weighted by Crippen LogP contribution is -2.05. The molecule has 160 valence electrons. The molecule has 0 atom stereocenters. The Morgan fingerprint density at radius 1 is 0.704 bits per heavy atom. The summed E-state index contributed by atoms with van der Waals surface area (Å²) in [5, 5.41) is 0. The number of hydrogen-bond donors (Lipinski definition) is 0. The van der Waals surface area contributed by atoms with Crippen molar-refractivity contribution in [2.24, 2.45) is 0 Å². The van der Waals surface area contributed by atoms with E-state index in [1.54, 1.807) is 6.92 Å². The van der Waals surface area contributed by atoms with Gasteiger partial charge in [0.05, 0.1) is 6.61 Å². The lowest BCUT2D eigenvalue weighted by Gasteiger charge is -2.05. The van der Waals surface area contributed by atoms with Crippen molar-refractivity contribution in [2.75, 3.05) is 18.1 Å². The maximum absolute atomic E-state index is 11.2. The highest BCUT2D eigenvalue weighted by molar-refractivity contribution is 7.99. The molecule has 0 heterocycles. The van der Waals surface area contributed by atoms with Crippen LogP contribution in [0.4, 0.5) is 0 Å². The summed E-state index contributed by atoms with van der Waals surface area (Å²) in [5.74, 6) is 2.42. The highest BCUT2D eigenvalue weighted by atomic mass is 32.2. The van der Waals surface area contributed by atoms with Crippen molar-refractivity contribution >= 4 is 17.7 Å². The topological polar surface area (TPSA) is 26.3 Å². The molecular formula is C24H46O2S. The van der Waals surface area contributed by atoms with Crippen molar-refractivity contribution in [1.82, 2.24) is 0 Å². The predicted molar refractivity (Wildman–Crippen MR) is 123 cm³/mol. The van der Waals surface area contributed by atoms with Crippen LogP contribution in [0, 0.1) is 0 Å². The summed E-state index contributed by atoms with van der Waals surface area (Å²) in [5.41, 5.74) is 0.491. The quantitative estimate of drug-likeness (QED) is 0.111. The first-order valence-electron chi connectivity index (χ1n) is 11.6. The van der Waals surface area contributed by atoms with E-state index in [2.05, 4.69) is 25.3 Å². The number of ether oxygens (including phenoxy) is 1. The van der Waals surface area contributed by atoms with Crippen LogP contribution in [-0.2, 0) is 9.53 Å². The molecule has 27 heavy (non-hydrogen) atoms. The zero-order chi connectivity index (χ0) is 20.0. The first-order chi connectivity index (χ1) is 13.2. The van der Waals surface area contributed by atoms with Crippen molar-refractivity contribution < 1.29 is 9.53 Å². The third-order valence-electron chi connectivity index (χ3n) is 4.91. The molecule has 0 spiro atoms. The SMILES string of the molecule is C=C(C)C(=O)OCCCCCCCCSCCCCCCCCCCCC. The fourth-order valence-corrected chi connectivity index (χ4v) is 4.12. The minimum absolute atomic E-state index is 0.255. The summed E-state index contributed by atoms with van der Waals surface area (Å²) in [7, 11) is 0. The summed E-state index contributed by atoms with van der Waals surface area (Å²) in [6.45, 7) is 8.10. The average molecular weight is 399 g/mol. The maximum atomic E-state index is 11.2. The Balaban J connectivity index is 3.05. The second-order valence-electron chi connectivity index (χ2n) is 7.83. The van der Waals surface area contributed by atoms with Crippen LogP contribution in [0.15, 0.2) is 12.2 Å². The fraction of sp³-hybridized carbons (Fsp3) is 0.875. The zero-order valence-corrected chi connectivity index (χ0v) is 19.2. The van der Waals surface area contributed by atoms with Gasteiger partial charge in [-0.05, 0) is 37.7 Å². The molecular weight excluding hydrogens is 352 g/mol. The summed E-state index contributed by atoms with van der Waals surface area (Å²) >= 11 is 2.14. The van der Waals surface area contributed by atoms with Gasteiger partial charge in [-0.15, -0.1) is 0 Å². The van der Waals surface area contributed by atoms with E-state index in [1.807, 2.05) is 0 Å². The van der Waals surface area contributed by atoms with E-state index in [1.165, 1.54) is 101 Å². The van der Waals surface area contributed by atoms with Gasteiger partial charge >= 0.3 is 5.97 Å². The molecule has 0 saturated carbocycles. The van der Waals surface area contributed by atoms with E-state index < -0.39 is 0 Å². The van der Waals surface area contributed by atoms with Gasteiger partial charge in [0.25, 0.3) is 0 Å². The van der Waals surface area contributed by atoms with Crippen LogP contribution in [0.3, 0.4) is 0 Å². The number of hydrogen-bond acceptors (Lipinski definition) is 3. The minimum Gasteiger partial charge on any atom is -0.462 e. The highest BCUT2D eigenvalue weighted by Crippen LogP contribution is 2.14. The molecule has 0 aliphatic carbocycles. The lowest BCUT2D eigenvalue weighted by molar-refractivity contribution is -0.139. The van der Waals surface area contributed by atoms with Crippen LogP contribution in [0.2, 0.25) is 0 Å². The Morgan fingerprint density at radius 3 is 1.56 bits per heavy atom. The summed E-state index contributed by atoms with van der Waals surface area (Å²) in [4.78, 5) is 11.2. The number of carbonyl (C=O) groups is 1. The summed E-state index contributed by atoms with van der Waals surface area (Å²) < 4.78 is 5.09. The molecule has 0 radical (unpaired) electrons. The molecule has 0 bridgehead atoms. The minimum atomic E-state index is -0.255. The molecule has 0 aromatic rings. The van der Waals surface area contributed by atoms with E-state index in [0.717, 1.165) is 12.8 Å². The van der Waals surface area contributed by atoms with Gasteiger partial charge in [0, 0.05) is 5.57 Å². The van der Waals surface area contributed by atoms with Crippen LogP contribution in [0.5, 0.6) is 0 Å². The smallest absolute Gasteiger partial charge is 0.333 e. The molecule has 0 amide bonds. The monoisotopic (exact) mass is 398 g/mol. The molecule has 0 saturated heterocycles. The first-order valence-corrected chi connectivity index (χ1v) is 12.7. The zero-order valence-electron chi connectivity index (χ0n) is 18.4.